The van der Waals surface area contributed by atoms with E-state index in [9.17, 15) is 4.79 Å². The molecule has 1 aromatic heterocycles. The molecule has 6 nitrogen and oxygen atoms in total. The van der Waals surface area contributed by atoms with Crippen molar-refractivity contribution in [3.05, 3.63) is 41.5 Å². The molecule has 24 heavy (non-hydrogen) atoms. The Labute approximate surface area is 142 Å². The second kappa shape index (κ2) is 6.55. The van der Waals surface area contributed by atoms with Crippen molar-refractivity contribution < 1.29 is 14.3 Å². The molecule has 1 amide bonds. The predicted octanol–water partition coefficient (Wildman–Crippen LogP) is 2.49. The van der Waals surface area contributed by atoms with E-state index in [1.54, 1.807) is 11.2 Å². The summed E-state index contributed by atoms with van der Waals surface area (Å²) in [5.74, 6) is 1.54. The molecule has 1 aliphatic heterocycles. The van der Waals surface area contributed by atoms with Crippen LogP contribution in [0.25, 0.3) is 0 Å². The molecule has 0 aliphatic carbocycles. The Morgan fingerprint density at radius 1 is 1.29 bits per heavy atom. The number of carbonyl (C=O) groups is 1. The van der Waals surface area contributed by atoms with Crippen LogP contribution in [0.4, 0.5) is 0 Å². The minimum absolute atomic E-state index is 0.0397. The first-order chi connectivity index (χ1) is 11.5. The van der Waals surface area contributed by atoms with E-state index >= 15 is 0 Å². The van der Waals surface area contributed by atoms with Crippen molar-refractivity contribution in [3.8, 4) is 11.5 Å². The van der Waals surface area contributed by atoms with Crippen molar-refractivity contribution in [2.45, 2.75) is 33.4 Å². The molecule has 6 heteroatoms. The van der Waals surface area contributed by atoms with Gasteiger partial charge >= 0.3 is 0 Å². The molecule has 0 bridgehead atoms. The highest BCUT2D eigenvalue weighted by Gasteiger charge is 2.21. The fourth-order valence-electron chi connectivity index (χ4n) is 2.72. The van der Waals surface area contributed by atoms with E-state index in [1.807, 2.05) is 50.6 Å². The van der Waals surface area contributed by atoms with Crippen LogP contribution in [0.15, 0.2) is 24.5 Å². The van der Waals surface area contributed by atoms with Crippen LogP contribution in [0.2, 0.25) is 0 Å². The van der Waals surface area contributed by atoms with Gasteiger partial charge in [0.15, 0.2) is 11.5 Å². The van der Waals surface area contributed by atoms with Crippen LogP contribution in [0.5, 0.6) is 11.5 Å². The molecule has 0 spiro atoms. The second-order valence-corrected chi connectivity index (χ2v) is 6.13. The molecular weight excluding hydrogens is 306 g/mol. The van der Waals surface area contributed by atoms with E-state index < -0.39 is 0 Å². The molecule has 0 fully saturated rings. The van der Waals surface area contributed by atoms with Crippen LogP contribution in [0.1, 0.15) is 29.9 Å². The highest BCUT2D eigenvalue weighted by atomic mass is 16.6. The van der Waals surface area contributed by atoms with Gasteiger partial charge in [0.2, 0.25) is 5.91 Å². The second-order valence-electron chi connectivity index (χ2n) is 6.13. The van der Waals surface area contributed by atoms with E-state index in [-0.39, 0.29) is 18.5 Å². The molecule has 1 aromatic carbocycles. The maximum absolute atomic E-state index is 12.6. The number of rotatable bonds is 4. The number of nitrogens with zero attached hydrogens (tertiary/aromatic N) is 3. The van der Waals surface area contributed by atoms with Crippen molar-refractivity contribution in [1.29, 1.82) is 0 Å². The number of benzene rings is 1. The molecular formula is C18H23N3O3. The van der Waals surface area contributed by atoms with E-state index in [0.717, 1.165) is 28.5 Å². The molecule has 3 rings (SSSR count). The molecule has 0 N–H and O–H groups in total. The summed E-state index contributed by atoms with van der Waals surface area (Å²) in [5.41, 5.74) is 2.99. The zero-order valence-corrected chi connectivity index (χ0v) is 14.6. The summed E-state index contributed by atoms with van der Waals surface area (Å²) in [7, 11) is 1.82. The first-order valence-electron chi connectivity index (χ1n) is 8.11. The Hall–Kier alpha value is -2.50. The Morgan fingerprint density at radius 3 is 2.67 bits per heavy atom. The Morgan fingerprint density at radius 2 is 2.00 bits per heavy atom. The largest absolute Gasteiger partial charge is 0.486 e. The number of carbonyl (C=O) groups excluding carboxylic acids is 1. The average molecular weight is 329 g/mol. The summed E-state index contributed by atoms with van der Waals surface area (Å²) in [5, 5.41) is 0. The van der Waals surface area contributed by atoms with E-state index in [4.69, 9.17) is 9.47 Å². The van der Waals surface area contributed by atoms with Crippen LogP contribution < -0.4 is 9.47 Å². The fraction of sp³-hybridized carbons (Fsp3) is 0.444. The first-order valence-corrected chi connectivity index (χ1v) is 8.11. The van der Waals surface area contributed by atoms with Crippen molar-refractivity contribution in [3.63, 3.8) is 0 Å². The average Bonchev–Trinajstić information content (AvgIpc) is 2.92. The van der Waals surface area contributed by atoms with Gasteiger partial charge in [0.1, 0.15) is 19.8 Å². The van der Waals surface area contributed by atoms with Gasteiger partial charge in [-0.2, -0.15) is 0 Å². The SMILES string of the molecule is Cc1ncn(CC(=O)N(C)[C@@H](C)c2ccc3c(c2)OCCO3)c1C. The molecule has 0 saturated carbocycles. The van der Waals surface area contributed by atoms with Crippen molar-refractivity contribution in [2.24, 2.45) is 0 Å². The Kier molecular flexibility index (Phi) is 4.46. The molecule has 1 aliphatic rings. The molecule has 0 unspecified atom stereocenters. The standard InChI is InChI=1S/C18H23N3O3/c1-12-13(2)21(11-19-12)10-18(22)20(4)14(3)15-5-6-16-17(9-15)24-8-7-23-16/h5-6,9,11,14H,7-8,10H2,1-4H3/t14-/m0/s1. The first kappa shape index (κ1) is 16.4. The van der Waals surface area contributed by atoms with Gasteiger partial charge in [-0.3, -0.25) is 4.79 Å². The van der Waals surface area contributed by atoms with E-state index in [1.165, 1.54) is 0 Å². The Bertz CT molecular complexity index is 754. The van der Waals surface area contributed by atoms with Gasteiger partial charge < -0.3 is 18.9 Å². The van der Waals surface area contributed by atoms with Crippen LogP contribution in [0, 0.1) is 13.8 Å². The maximum atomic E-state index is 12.6. The lowest BCUT2D eigenvalue weighted by atomic mass is 10.1. The van der Waals surface area contributed by atoms with E-state index in [2.05, 4.69) is 4.98 Å². The molecule has 2 heterocycles. The lowest BCUT2D eigenvalue weighted by Crippen LogP contribution is -2.32. The molecule has 0 radical (unpaired) electrons. The van der Waals surface area contributed by atoms with E-state index in [0.29, 0.717) is 13.2 Å². The zero-order chi connectivity index (χ0) is 17.3. The number of hydrogen-bond acceptors (Lipinski definition) is 4. The van der Waals surface area contributed by atoms with Crippen molar-refractivity contribution >= 4 is 5.91 Å². The summed E-state index contributed by atoms with van der Waals surface area (Å²) in [6, 6.07) is 5.78. The quantitative estimate of drug-likeness (QED) is 0.865. The minimum atomic E-state index is -0.0572. The summed E-state index contributed by atoms with van der Waals surface area (Å²) < 4.78 is 13.1. The number of ether oxygens (including phenoxy) is 2. The van der Waals surface area contributed by atoms with Gasteiger partial charge in [-0.15, -0.1) is 0 Å². The maximum Gasteiger partial charge on any atom is 0.242 e. The van der Waals surface area contributed by atoms with Gasteiger partial charge in [0, 0.05) is 12.7 Å². The lowest BCUT2D eigenvalue weighted by molar-refractivity contribution is -0.132. The van der Waals surface area contributed by atoms with Crippen molar-refractivity contribution in [2.75, 3.05) is 20.3 Å². The van der Waals surface area contributed by atoms with Gasteiger partial charge in [-0.25, -0.2) is 4.98 Å². The fourth-order valence-corrected chi connectivity index (χ4v) is 2.72. The summed E-state index contributed by atoms with van der Waals surface area (Å²) in [6.45, 7) is 7.34. The third-order valence-electron chi connectivity index (χ3n) is 4.67. The lowest BCUT2D eigenvalue weighted by Gasteiger charge is -2.27. The number of aromatic nitrogens is 2. The Balaban J connectivity index is 1.73. The minimum Gasteiger partial charge on any atom is -0.486 e. The number of fused-ring (bicyclic) bond motifs is 1. The van der Waals surface area contributed by atoms with Crippen molar-refractivity contribution in [1.82, 2.24) is 14.5 Å². The van der Waals surface area contributed by atoms with Crippen LogP contribution in [-0.4, -0.2) is 40.6 Å². The normalized spacial score (nSPS) is 14.3. The monoisotopic (exact) mass is 329 g/mol. The number of amides is 1. The predicted molar refractivity (Wildman–Crippen MR) is 90.3 cm³/mol. The van der Waals surface area contributed by atoms with Gasteiger partial charge in [0.05, 0.1) is 18.1 Å². The highest BCUT2D eigenvalue weighted by Crippen LogP contribution is 2.33. The molecule has 2 aromatic rings. The molecule has 1 atom stereocenters. The van der Waals surface area contributed by atoms with Crippen LogP contribution in [0.3, 0.4) is 0 Å². The number of likely N-dealkylation sites (N-methyl/N-ethyl adjacent to an activating group) is 1. The van der Waals surface area contributed by atoms with Crippen LogP contribution in [-0.2, 0) is 11.3 Å². The third-order valence-corrected chi connectivity index (χ3v) is 4.67. The summed E-state index contributed by atoms with van der Waals surface area (Å²) in [4.78, 5) is 18.6. The smallest absolute Gasteiger partial charge is 0.242 e. The summed E-state index contributed by atoms with van der Waals surface area (Å²) >= 11 is 0. The zero-order valence-electron chi connectivity index (χ0n) is 14.6. The molecule has 128 valence electrons. The van der Waals surface area contributed by atoms with Crippen LogP contribution >= 0.6 is 0 Å². The van der Waals surface area contributed by atoms with Gasteiger partial charge in [-0.1, -0.05) is 6.07 Å². The number of hydrogen-bond donors (Lipinski definition) is 0. The summed E-state index contributed by atoms with van der Waals surface area (Å²) in [6.07, 6.45) is 1.71. The molecule has 0 saturated heterocycles. The van der Waals surface area contributed by atoms with Gasteiger partial charge in [-0.05, 0) is 38.5 Å². The highest BCUT2D eigenvalue weighted by molar-refractivity contribution is 5.76. The topological polar surface area (TPSA) is 56.6 Å². The number of aryl methyl sites for hydroxylation is 1. The van der Waals surface area contributed by atoms with Gasteiger partial charge in [0.25, 0.3) is 0 Å². The third kappa shape index (κ3) is 3.09. The number of imidazole rings is 1.